The topological polar surface area (TPSA) is 46.9 Å². The number of hydrogen-bond donors (Lipinski definition) is 1. The second-order valence-corrected chi connectivity index (χ2v) is 6.62. The van der Waals surface area contributed by atoms with E-state index in [4.69, 9.17) is 11.6 Å². The van der Waals surface area contributed by atoms with Crippen molar-refractivity contribution in [2.75, 3.05) is 5.32 Å². The highest BCUT2D eigenvalue weighted by Gasteiger charge is 2.16. The van der Waals surface area contributed by atoms with Crippen molar-refractivity contribution in [3.05, 3.63) is 71.1 Å². The van der Waals surface area contributed by atoms with Crippen LogP contribution in [0.15, 0.2) is 54.7 Å². The Hall–Kier alpha value is -2.59. The Labute approximate surface area is 151 Å². The smallest absolute Gasteiger partial charge is 0.228 e. The summed E-state index contributed by atoms with van der Waals surface area (Å²) in [5, 5.41) is 3.54. The first-order valence-electron chi connectivity index (χ1n) is 8.39. The molecule has 2 heterocycles. The molecule has 0 spiro atoms. The maximum atomic E-state index is 12.2. The number of aromatic nitrogens is 2. The second-order valence-electron chi connectivity index (χ2n) is 6.21. The fourth-order valence-electron chi connectivity index (χ4n) is 3.23. The van der Waals surface area contributed by atoms with E-state index in [0.717, 1.165) is 47.7 Å². The summed E-state index contributed by atoms with van der Waals surface area (Å²) in [6, 6.07) is 15.3. The molecule has 126 valence electrons. The highest BCUT2D eigenvalue weighted by atomic mass is 35.5. The summed E-state index contributed by atoms with van der Waals surface area (Å²) in [6.45, 7) is 1.03. The van der Waals surface area contributed by atoms with Gasteiger partial charge in [-0.15, -0.1) is 0 Å². The van der Waals surface area contributed by atoms with Gasteiger partial charge in [-0.2, -0.15) is 0 Å². The van der Waals surface area contributed by atoms with Gasteiger partial charge in [0, 0.05) is 23.7 Å². The minimum Gasteiger partial charge on any atom is -0.328 e. The van der Waals surface area contributed by atoms with Crippen LogP contribution in [0.25, 0.3) is 11.3 Å². The van der Waals surface area contributed by atoms with Crippen LogP contribution in [0.5, 0.6) is 0 Å². The molecule has 4 nitrogen and oxygen atoms in total. The third-order valence-electron chi connectivity index (χ3n) is 4.49. The average molecular weight is 352 g/mol. The van der Waals surface area contributed by atoms with Crippen LogP contribution in [0.2, 0.25) is 5.02 Å². The summed E-state index contributed by atoms with van der Waals surface area (Å²) in [5.41, 5.74) is 3.86. The molecule has 0 aliphatic carbocycles. The first-order chi connectivity index (χ1) is 12.2. The molecule has 2 aromatic carbocycles. The lowest BCUT2D eigenvalue weighted by molar-refractivity contribution is -0.115. The fourth-order valence-corrected chi connectivity index (χ4v) is 3.44. The zero-order chi connectivity index (χ0) is 17.2. The third-order valence-corrected chi connectivity index (χ3v) is 4.86. The predicted molar refractivity (Wildman–Crippen MR) is 99.8 cm³/mol. The Morgan fingerprint density at radius 3 is 2.76 bits per heavy atom. The van der Waals surface area contributed by atoms with Gasteiger partial charge >= 0.3 is 0 Å². The molecule has 4 rings (SSSR count). The number of fused-ring (bicyclic) bond motifs is 1. The molecule has 25 heavy (non-hydrogen) atoms. The number of rotatable bonds is 4. The number of hydrogen-bond acceptors (Lipinski definition) is 2. The van der Waals surface area contributed by atoms with Crippen molar-refractivity contribution in [3.8, 4) is 11.3 Å². The summed E-state index contributed by atoms with van der Waals surface area (Å²) in [6.07, 6.45) is 4.40. The van der Waals surface area contributed by atoms with Crippen LogP contribution in [-0.2, 0) is 24.2 Å². The molecule has 0 saturated carbocycles. The lowest BCUT2D eigenvalue weighted by Crippen LogP contribution is -2.14. The number of anilines is 1. The highest BCUT2D eigenvalue weighted by molar-refractivity contribution is 6.31. The van der Waals surface area contributed by atoms with Crippen molar-refractivity contribution in [3.63, 3.8) is 0 Å². The molecule has 0 atom stereocenters. The predicted octanol–water partition coefficient (Wildman–Crippen LogP) is 4.33. The van der Waals surface area contributed by atoms with Crippen molar-refractivity contribution >= 4 is 23.2 Å². The normalized spacial score (nSPS) is 12.8. The lowest BCUT2D eigenvalue weighted by atomic mass is 10.1. The Kier molecular flexibility index (Phi) is 4.28. The van der Waals surface area contributed by atoms with Gasteiger partial charge in [-0.05, 0) is 35.7 Å². The molecule has 1 amide bonds. The van der Waals surface area contributed by atoms with Gasteiger partial charge in [0.2, 0.25) is 5.91 Å². The number of nitrogens with zero attached hydrogens (tertiary/aromatic N) is 2. The molecule has 1 N–H and O–H groups in total. The van der Waals surface area contributed by atoms with E-state index in [2.05, 4.69) is 14.9 Å². The Morgan fingerprint density at radius 2 is 1.96 bits per heavy atom. The van der Waals surface area contributed by atoms with E-state index in [-0.39, 0.29) is 12.3 Å². The van der Waals surface area contributed by atoms with Gasteiger partial charge in [0.05, 0.1) is 18.3 Å². The van der Waals surface area contributed by atoms with Gasteiger partial charge in [0.1, 0.15) is 5.82 Å². The van der Waals surface area contributed by atoms with Crippen LogP contribution in [0, 0.1) is 0 Å². The molecule has 1 aliphatic rings. The van der Waals surface area contributed by atoms with Gasteiger partial charge in [0.25, 0.3) is 0 Å². The van der Waals surface area contributed by atoms with Crippen molar-refractivity contribution < 1.29 is 4.79 Å². The molecule has 0 unspecified atom stereocenters. The molecule has 0 saturated heterocycles. The minimum atomic E-state index is -0.0777. The number of imidazole rings is 1. The SMILES string of the molecule is O=C(Cc1ccccc1Cl)Nc1ccc(-c2cnc3n2CCC3)cc1. The summed E-state index contributed by atoms with van der Waals surface area (Å²) in [7, 11) is 0. The van der Waals surface area contributed by atoms with Gasteiger partial charge in [0.15, 0.2) is 0 Å². The number of carbonyl (C=O) groups is 1. The first-order valence-corrected chi connectivity index (χ1v) is 8.76. The van der Waals surface area contributed by atoms with Crippen LogP contribution in [-0.4, -0.2) is 15.5 Å². The number of halogens is 1. The van der Waals surface area contributed by atoms with E-state index in [1.165, 1.54) is 0 Å². The third kappa shape index (κ3) is 3.30. The largest absolute Gasteiger partial charge is 0.328 e. The summed E-state index contributed by atoms with van der Waals surface area (Å²) in [4.78, 5) is 16.7. The van der Waals surface area contributed by atoms with Gasteiger partial charge in [-0.3, -0.25) is 4.79 Å². The van der Waals surface area contributed by atoms with Crippen molar-refractivity contribution in [1.82, 2.24) is 9.55 Å². The zero-order valence-electron chi connectivity index (χ0n) is 13.7. The Bertz CT molecular complexity index is 915. The zero-order valence-corrected chi connectivity index (χ0v) is 14.5. The lowest BCUT2D eigenvalue weighted by Gasteiger charge is -2.09. The molecule has 1 aromatic heterocycles. The molecule has 3 aromatic rings. The van der Waals surface area contributed by atoms with Gasteiger partial charge in [-0.25, -0.2) is 4.98 Å². The molecule has 1 aliphatic heterocycles. The Morgan fingerprint density at radius 1 is 1.16 bits per heavy atom. The highest BCUT2D eigenvalue weighted by Crippen LogP contribution is 2.26. The van der Waals surface area contributed by atoms with Crippen LogP contribution in [0.3, 0.4) is 0 Å². The molecule has 5 heteroatoms. The minimum absolute atomic E-state index is 0.0777. The number of amides is 1. The van der Waals surface area contributed by atoms with E-state index >= 15 is 0 Å². The maximum absolute atomic E-state index is 12.2. The maximum Gasteiger partial charge on any atom is 0.228 e. The van der Waals surface area contributed by atoms with Gasteiger partial charge in [-0.1, -0.05) is 41.9 Å². The van der Waals surface area contributed by atoms with Crippen molar-refractivity contribution in [2.24, 2.45) is 0 Å². The monoisotopic (exact) mass is 351 g/mol. The van der Waals surface area contributed by atoms with Crippen LogP contribution < -0.4 is 5.32 Å². The van der Waals surface area contributed by atoms with E-state index in [9.17, 15) is 4.79 Å². The van der Waals surface area contributed by atoms with Crippen molar-refractivity contribution in [2.45, 2.75) is 25.8 Å². The summed E-state index contributed by atoms with van der Waals surface area (Å²) >= 11 is 6.11. The molecule has 0 radical (unpaired) electrons. The fraction of sp³-hybridized carbons (Fsp3) is 0.200. The molecular weight excluding hydrogens is 334 g/mol. The van der Waals surface area contributed by atoms with E-state index < -0.39 is 0 Å². The van der Waals surface area contributed by atoms with Crippen LogP contribution in [0.1, 0.15) is 17.8 Å². The average Bonchev–Trinajstić information content (AvgIpc) is 3.21. The van der Waals surface area contributed by atoms with E-state index in [1.54, 1.807) is 6.07 Å². The molecular formula is C20H18ClN3O. The van der Waals surface area contributed by atoms with E-state index in [1.807, 2.05) is 48.7 Å². The van der Waals surface area contributed by atoms with Crippen molar-refractivity contribution in [1.29, 1.82) is 0 Å². The Balaban J connectivity index is 1.45. The van der Waals surface area contributed by atoms with Crippen LogP contribution in [0.4, 0.5) is 5.69 Å². The standard InChI is InChI=1S/C20H18ClN3O/c21-17-5-2-1-4-15(17)12-20(25)23-16-9-7-14(8-10-16)18-13-22-19-6-3-11-24(18)19/h1-2,4-5,7-10,13H,3,6,11-12H2,(H,23,25). The first kappa shape index (κ1) is 15.9. The molecule has 0 fully saturated rings. The second kappa shape index (κ2) is 6.73. The summed E-state index contributed by atoms with van der Waals surface area (Å²) in [5.74, 6) is 1.08. The molecule has 0 bridgehead atoms. The number of aryl methyl sites for hydroxylation is 1. The van der Waals surface area contributed by atoms with E-state index in [0.29, 0.717) is 5.02 Å². The number of carbonyl (C=O) groups excluding carboxylic acids is 1. The number of nitrogens with one attached hydrogen (secondary N) is 1. The van der Waals surface area contributed by atoms with Crippen LogP contribution >= 0.6 is 11.6 Å². The number of benzene rings is 2. The summed E-state index contributed by atoms with van der Waals surface area (Å²) < 4.78 is 2.27. The quantitative estimate of drug-likeness (QED) is 0.760. The van der Waals surface area contributed by atoms with Gasteiger partial charge < -0.3 is 9.88 Å².